The third kappa shape index (κ3) is 1.75. The van der Waals surface area contributed by atoms with Crippen LogP contribution in [-0.4, -0.2) is 24.3 Å². The van der Waals surface area contributed by atoms with E-state index >= 15 is 0 Å². The van der Waals surface area contributed by atoms with Gasteiger partial charge in [0.15, 0.2) is 5.60 Å². The van der Waals surface area contributed by atoms with Crippen LogP contribution in [0, 0.1) is 5.92 Å². The van der Waals surface area contributed by atoms with Crippen LogP contribution >= 0.6 is 0 Å². The molecule has 0 aliphatic carbocycles. The lowest BCUT2D eigenvalue weighted by Gasteiger charge is -2.20. The molecule has 0 N–H and O–H groups in total. The first kappa shape index (κ1) is 13.5. The number of carbonyl (C=O) groups is 1. The molecule has 0 bridgehead atoms. The van der Waals surface area contributed by atoms with E-state index in [-0.39, 0.29) is 17.5 Å². The predicted octanol–water partition coefficient (Wildman–Crippen LogP) is 2.92. The van der Waals surface area contributed by atoms with Crippen molar-refractivity contribution in [1.29, 1.82) is 0 Å². The minimum atomic E-state index is -0.687. The van der Waals surface area contributed by atoms with Crippen molar-refractivity contribution < 1.29 is 14.3 Å². The van der Waals surface area contributed by atoms with E-state index in [1.54, 1.807) is 0 Å². The third-order valence-corrected chi connectivity index (χ3v) is 3.60. The SMILES string of the molecule is CCCC1(CCC)OC1(C(=O)OC)C(C)C. The van der Waals surface area contributed by atoms with Gasteiger partial charge in [0.2, 0.25) is 0 Å². The molecule has 1 aliphatic rings. The summed E-state index contributed by atoms with van der Waals surface area (Å²) in [6, 6.07) is 0. The van der Waals surface area contributed by atoms with Gasteiger partial charge in [0, 0.05) is 0 Å². The molecule has 0 aromatic carbocycles. The van der Waals surface area contributed by atoms with Crippen LogP contribution in [0.3, 0.4) is 0 Å². The molecule has 1 fully saturated rings. The van der Waals surface area contributed by atoms with Crippen LogP contribution in [0.1, 0.15) is 53.4 Å². The number of rotatable bonds is 6. The number of epoxide rings is 1. The lowest BCUT2D eigenvalue weighted by Crippen LogP contribution is -2.40. The quantitative estimate of drug-likeness (QED) is 0.518. The molecule has 1 atom stereocenters. The van der Waals surface area contributed by atoms with E-state index in [1.807, 2.05) is 13.8 Å². The Labute approximate surface area is 98.5 Å². The maximum Gasteiger partial charge on any atom is 0.341 e. The highest BCUT2D eigenvalue weighted by atomic mass is 16.7. The molecule has 1 heterocycles. The smallest absolute Gasteiger partial charge is 0.341 e. The van der Waals surface area contributed by atoms with Gasteiger partial charge in [-0.05, 0) is 18.8 Å². The van der Waals surface area contributed by atoms with Crippen LogP contribution in [0.4, 0.5) is 0 Å². The second-order valence-corrected chi connectivity index (χ2v) is 4.98. The number of methoxy groups -OCH3 is 1. The van der Waals surface area contributed by atoms with E-state index in [0.717, 1.165) is 25.7 Å². The Hall–Kier alpha value is -0.570. The predicted molar refractivity (Wildman–Crippen MR) is 63.2 cm³/mol. The van der Waals surface area contributed by atoms with Gasteiger partial charge in [-0.1, -0.05) is 40.5 Å². The van der Waals surface area contributed by atoms with Gasteiger partial charge in [-0.3, -0.25) is 0 Å². The molecule has 1 rings (SSSR count). The zero-order valence-corrected chi connectivity index (χ0v) is 11.1. The summed E-state index contributed by atoms with van der Waals surface area (Å²) in [5, 5.41) is 0. The molecule has 0 spiro atoms. The summed E-state index contributed by atoms with van der Waals surface area (Å²) in [4.78, 5) is 12.0. The van der Waals surface area contributed by atoms with Gasteiger partial charge in [0.1, 0.15) is 5.60 Å². The lowest BCUT2D eigenvalue weighted by atomic mass is 9.78. The van der Waals surface area contributed by atoms with Gasteiger partial charge in [-0.25, -0.2) is 4.79 Å². The Morgan fingerprint density at radius 3 is 2.06 bits per heavy atom. The van der Waals surface area contributed by atoms with Crippen LogP contribution in [0.15, 0.2) is 0 Å². The molecule has 0 saturated carbocycles. The van der Waals surface area contributed by atoms with Crippen molar-refractivity contribution in [3.8, 4) is 0 Å². The van der Waals surface area contributed by atoms with Crippen molar-refractivity contribution in [2.24, 2.45) is 5.92 Å². The maximum atomic E-state index is 12.0. The minimum Gasteiger partial charge on any atom is -0.467 e. The minimum absolute atomic E-state index is 0.165. The van der Waals surface area contributed by atoms with Crippen LogP contribution in [0.2, 0.25) is 0 Å². The molecule has 0 aromatic heterocycles. The summed E-state index contributed by atoms with van der Waals surface area (Å²) in [6.45, 7) is 8.32. The molecular formula is C13H24O3. The van der Waals surface area contributed by atoms with Gasteiger partial charge in [0.05, 0.1) is 7.11 Å². The van der Waals surface area contributed by atoms with Crippen LogP contribution < -0.4 is 0 Å². The Bertz CT molecular complexity index is 254. The van der Waals surface area contributed by atoms with Crippen LogP contribution in [0.25, 0.3) is 0 Å². The number of carbonyl (C=O) groups excluding carboxylic acids is 1. The van der Waals surface area contributed by atoms with Crippen LogP contribution in [-0.2, 0) is 14.3 Å². The Balaban J connectivity index is 2.94. The standard InChI is InChI=1S/C13H24O3/c1-6-8-12(9-7-2)13(16-12,10(3)4)11(14)15-5/h10H,6-9H2,1-5H3. The monoisotopic (exact) mass is 228 g/mol. The molecule has 16 heavy (non-hydrogen) atoms. The number of hydrogen-bond acceptors (Lipinski definition) is 3. The summed E-state index contributed by atoms with van der Waals surface area (Å²) in [7, 11) is 1.44. The molecule has 0 aromatic rings. The number of hydrogen-bond donors (Lipinski definition) is 0. The largest absolute Gasteiger partial charge is 0.467 e. The zero-order valence-electron chi connectivity index (χ0n) is 11.1. The lowest BCUT2D eigenvalue weighted by molar-refractivity contribution is -0.148. The maximum absolute atomic E-state index is 12.0. The van der Waals surface area contributed by atoms with Crippen molar-refractivity contribution in [2.75, 3.05) is 7.11 Å². The summed E-state index contributed by atoms with van der Waals surface area (Å²) in [5.41, 5.74) is -0.953. The van der Waals surface area contributed by atoms with E-state index in [1.165, 1.54) is 7.11 Å². The van der Waals surface area contributed by atoms with E-state index < -0.39 is 5.60 Å². The second kappa shape index (κ2) is 4.74. The molecule has 0 radical (unpaired) electrons. The van der Waals surface area contributed by atoms with E-state index in [9.17, 15) is 4.79 Å². The summed E-state index contributed by atoms with van der Waals surface area (Å²) < 4.78 is 10.8. The first-order valence-electron chi connectivity index (χ1n) is 6.29. The van der Waals surface area contributed by atoms with E-state index in [2.05, 4.69) is 13.8 Å². The van der Waals surface area contributed by atoms with E-state index in [4.69, 9.17) is 9.47 Å². The first-order valence-corrected chi connectivity index (χ1v) is 6.29. The fourth-order valence-corrected chi connectivity index (χ4v) is 2.95. The van der Waals surface area contributed by atoms with Gasteiger partial charge < -0.3 is 9.47 Å². The van der Waals surface area contributed by atoms with Crippen LogP contribution in [0.5, 0.6) is 0 Å². The second-order valence-electron chi connectivity index (χ2n) is 4.98. The number of ether oxygens (including phenoxy) is 2. The molecule has 1 saturated heterocycles. The molecule has 1 aliphatic heterocycles. The highest BCUT2D eigenvalue weighted by Crippen LogP contribution is 2.58. The average molecular weight is 228 g/mol. The summed E-state index contributed by atoms with van der Waals surface area (Å²) >= 11 is 0. The third-order valence-electron chi connectivity index (χ3n) is 3.60. The van der Waals surface area contributed by atoms with Crippen molar-refractivity contribution in [3.63, 3.8) is 0 Å². The summed E-state index contributed by atoms with van der Waals surface area (Å²) in [6.07, 6.45) is 3.94. The number of esters is 1. The molecule has 3 heteroatoms. The normalized spacial score (nSPS) is 26.9. The molecule has 94 valence electrons. The van der Waals surface area contributed by atoms with Gasteiger partial charge >= 0.3 is 5.97 Å². The van der Waals surface area contributed by atoms with Crippen molar-refractivity contribution in [3.05, 3.63) is 0 Å². The Morgan fingerprint density at radius 2 is 1.75 bits per heavy atom. The molecular weight excluding hydrogens is 204 g/mol. The van der Waals surface area contributed by atoms with Crippen molar-refractivity contribution in [1.82, 2.24) is 0 Å². The highest BCUT2D eigenvalue weighted by Gasteiger charge is 2.75. The fraction of sp³-hybridized carbons (Fsp3) is 0.923. The summed E-state index contributed by atoms with van der Waals surface area (Å²) in [5.74, 6) is -0.0394. The van der Waals surface area contributed by atoms with Gasteiger partial charge in [0.25, 0.3) is 0 Å². The molecule has 0 amide bonds. The molecule has 3 nitrogen and oxygen atoms in total. The topological polar surface area (TPSA) is 38.8 Å². The zero-order chi connectivity index (χ0) is 12.4. The first-order chi connectivity index (χ1) is 7.50. The van der Waals surface area contributed by atoms with Crippen molar-refractivity contribution in [2.45, 2.75) is 64.6 Å². The van der Waals surface area contributed by atoms with Gasteiger partial charge in [-0.15, -0.1) is 0 Å². The van der Waals surface area contributed by atoms with Crippen molar-refractivity contribution >= 4 is 5.97 Å². The Kier molecular flexibility index (Phi) is 4.00. The average Bonchev–Trinajstić information content (AvgIpc) is 2.88. The highest BCUT2D eigenvalue weighted by molar-refractivity contribution is 5.85. The fourth-order valence-electron chi connectivity index (χ4n) is 2.95. The molecule has 1 unspecified atom stereocenters. The van der Waals surface area contributed by atoms with E-state index in [0.29, 0.717) is 0 Å². The van der Waals surface area contributed by atoms with Gasteiger partial charge in [-0.2, -0.15) is 0 Å². The Morgan fingerprint density at radius 1 is 1.25 bits per heavy atom.